The van der Waals surface area contributed by atoms with Crippen LogP contribution >= 0.6 is 23.6 Å². The summed E-state index contributed by atoms with van der Waals surface area (Å²) in [7, 11) is 0. The van der Waals surface area contributed by atoms with Crippen molar-refractivity contribution in [3.63, 3.8) is 0 Å². The Labute approximate surface area is 193 Å². The van der Waals surface area contributed by atoms with E-state index in [1.807, 2.05) is 43.3 Å². The highest BCUT2D eigenvalue weighted by atomic mass is 32.1. The Morgan fingerprint density at radius 2 is 2.00 bits per heavy atom. The van der Waals surface area contributed by atoms with Crippen LogP contribution in [0.3, 0.4) is 0 Å². The predicted molar refractivity (Wildman–Crippen MR) is 127 cm³/mol. The monoisotopic (exact) mass is 462 g/mol. The Kier molecular flexibility index (Phi) is 6.44. The van der Waals surface area contributed by atoms with Crippen molar-refractivity contribution in [1.82, 2.24) is 4.57 Å². The van der Waals surface area contributed by atoms with E-state index in [2.05, 4.69) is 9.98 Å². The molecule has 160 valence electrons. The third kappa shape index (κ3) is 4.77. The second-order valence-corrected chi connectivity index (χ2v) is 8.30. The Morgan fingerprint density at radius 3 is 2.69 bits per heavy atom. The number of aromatic nitrogens is 1. The highest BCUT2D eigenvalue weighted by Gasteiger charge is 2.23. The lowest BCUT2D eigenvalue weighted by Crippen LogP contribution is -2.07. The standard InChI is InChI=1S/C23H18N4O3S2/c1-2-29-17-10-8-16(9-11-17)25-21-18(13-24)26-20(30-21)12-19-22(28)27(23(31)32-19)14-15-6-4-3-5-7-15/h3-12,28H,2,14H2,1H3. The molecule has 0 aliphatic carbocycles. The van der Waals surface area contributed by atoms with E-state index in [1.54, 1.807) is 34.9 Å². The summed E-state index contributed by atoms with van der Waals surface area (Å²) in [6, 6.07) is 18.8. The molecule has 0 bridgehead atoms. The van der Waals surface area contributed by atoms with Gasteiger partial charge in [-0.1, -0.05) is 30.3 Å². The minimum Gasteiger partial charge on any atom is -0.494 e. The molecule has 9 heteroatoms. The van der Waals surface area contributed by atoms with Crippen molar-refractivity contribution in [3.05, 3.63) is 74.9 Å². The van der Waals surface area contributed by atoms with E-state index < -0.39 is 0 Å². The fourth-order valence-electron chi connectivity index (χ4n) is 2.97. The number of nitriles is 1. The van der Waals surface area contributed by atoms with Crippen LogP contribution in [0, 0.1) is 15.3 Å². The summed E-state index contributed by atoms with van der Waals surface area (Å²) in [5, 5.41) is 20.1. The average Bonchev–Trinajstić information content (AvgIpc) is 3.31. The number of hydrogen-bond acceptors (Lipinski definition) is 8. The summed E-state index contributed by atoms with van der Waals surface area (Å²) in [5.41, 5.74) is 1.67. The SMILES string of the molecule is CCOc1ccc(N=C2OC(=Cc3sc(=S)n(Cc4ccccc4)c3O)N=C2C#N)cc1. The average molecular weight is 463 g/mol. The van der Waals surface area contributed by atoms with Crippen LogP contribution in [0.5, 0.6) is 11.6 Å². The fourth-order valence-corrected chi connectivity index (χ4v) is 4.20. The second kappa shape index (κ2) is 9.60. The molecule has 0 saturated carbocycles. The first-order valence-corrected chi connectivity index (χ1v) is 11.0. The van der Waals surface area contributed by atoms with E-state index in [9.17, 15) is 10.4 Å². The van der Waals surface area contributed by atoms with Gasteiger partial charge in [0.1, 0.15) is 11.8 Å². The van der Waals surface area contributed by atoms with Gasteiger partial charge < -0.3 is 14.6 Å². The summed E-state index contributed by atoms with van der Waals surface area (Å²) in [6.07, 6.45) is 1.55. The van der Waals surface area contributed by atoms with Crippen LogP contribution in [-0.2, 0) is 11.3 Å². The molecule has 0 unspecified atom stereocenters. The third-order valence-corrected chi connectivity index (χ3v) is 5.83. The van der Waals surface area contributed by atoms with Gasteiger partial charge in [-0.05, 0) is 49.0 Å². The first-order chi connectivity index (χ1) is 15.6. The number of nitrogens with zero attached hydrogens (tertiary/aromatic N) is 4. The van der Waals surface area contributed by atoms with E-state index in [4.69, 9.17) is 21.7 Å². The molecule has 4 rings (SSSR count). The van der Waals surface area contributed by atoms with Gasteiger partial charge in [0.2, 0.25) is 17.5 Å². The lowest BCUT2D eigenvalue weighted by atomic mass is 10.2. The number of hydrogen-bond donors (Lipinski definition) is 1. The van der Waals surface area contributed by atoms with Crippen molar-refractivity contribution in [3.8, 4) is 17.7 Å². The van der Waals surface area contributed by atoms with Crippen LogP contribution in [0.2, 0.25) is 0 Å². The quantitative estimate of drug-likeness (QED) is 0.492. The summed E-state index contributed by atoms with van der Waals surface area (Å²) < 4.78 is 13.3. The number of thiazole rings is 1. The van der Waals surface area contributed by atoms with E-state index >= 15 is 0 Å². The summed E-state index contributed by atoms with van der Waals surface area (Å²) in [6.45, 7) is 2.93. The van der Waals surface area contributed by atoms with E-state index in [0.717, 1.165) is 11.3 Å². The number of aromatic hydroxyl groups is 1. The molecule has 0 spiro atoms. The Morgan fingerprint density at radius 1 is 1.25 bits per heavy atom. The number of benzene rings is 2. The van der Waals surface area contributed by atoms with Crippen LogP contribution in [0.15, 0.2) is 70.5 Å². The third-order valence-electron chi connectivity index (χ3n) is 4.44. The van der Waals surface area contributed by atoms with Crippen molar-refractivity contribution < 1.29 is 14.6 Å². The van der Waals surface area contributed by atoms with E-state index in [0.29, 0.717) is 27.7 Å². The van der Waals surface area contributed by atoms with Crippen molar-refractivity contribution in [2.75, 3.05) is 6.61 Å². The maximum atomic E-state index is 10.7. The summed E-state index contributed by atoms with van der Waals surface area (Å²) in [4.78, 5) is 9.04. The first kappa shape index (κ1) is 21.5. The summed E-state index contributed by atoms with van der Waals surface area (Å²) in [5.74, 6) is 1.00. The highest BCUT2D eigenvalue weighted by molar-refractivity contribution is 7.73. The lowest BCUT2D eigenvalue weighted by molar-refractivity contribution is 0.340. The fraction of sp³-hybridized carbons (Fsp3) is 0.130. The van der Waals surface area contributed by atoms with Gasteiger partial charge in [-0.3, -0.25) is 4.57 Å². The minimum atomic E-state index is 0.0190. The molecular weight excluding hydrogens is 444 g/mol. The van der Waals surface area contributed by atoms with Gasteiger partial charge in [-0.2, -0.15) is 10.3 Å². The molecule has 0 fully saturated rings. The highest BCUT2D eigenvalue weighted by Crippen LogP contribution is 2.31. The largest absolute Gasteiger partial charge is 0.494 e. The molecule has 1 aliphatic rings. The van der Waals surface area contributed by atoms with Gasteiger partial charge in [-0.25, -0.2) is 4.99 Å². The molecular formula is C23H18N4O3S2. The molecule has 7 nitrogen and oxygen atoms in total. The molecule has 0 saturated heterocycles. The van der Waals surface area contributed by atoms with Gasteiger partial charge in [0, 0.05) is 6.08 Å². The number of rotatable bonds is 6. The van der Waals surface area contributed by atoms with Crippen molar-refractivity contribution in [1.29, 1.82) is 5.26 Å². The molecule has 1 aromatic heterocycles. The van der Waals surface area contributed by atoms with Crippen molar-refractivity contribution in [2.45, 2.75) is 13.5 Å². The lowest BCUT2D eigenvalue weighted by Gasteiger charge is -2.04. The first-order valence-electron chi connectivity index (χ1n) is 9.74. The minimum absolute atomic E-state index is 0.0190. The molecule has 0 amide bonds. The zero-order valence-corrected chi connectivity index (χ0v) is 18.7. The van der Waals surface area contributed by atoms with Crippen LogP contribution in [0.25, 0.3) is 6.08 Å². The van der Waals surface area contributed by atoms with Crippen molar-refractivity contribution >= 4 is 46.9 Å². The smallest absolute Gasteiger partial charge is 0.258 e. The van der Waals surface area contributed by atoms with E-state index in [1.165, 1.54) is 11.3 Å². The van der Waals surface area contributed by atoms with Gasteiger partial charge in [0.05, 0.1) is 23.7 Å². The van der Waals surface area contributed by atoms with Gasteiger partial charge in [0.25, 0.3) is 5.90 Å². The molecule has 32 heavy (non-hydrogen) atoms. The molecule has 2 aromatic carbocycles. The Bertz CT molecular complexity index is 1310. The van der Waals surface area contributed by atoms with Gasteiger partial charge in [-0.15, -0.1) is 11.3 Å². The van der Waals surface area contributed by atoms with Crippen molar-refractivity contribution in [2.24, 2.45) is 9.98 Å². The van der Waals surface area contributed by atoms with Crippen LogP contribution in [0.1, 0.15) is 17.4 Å². The topological polar surface area (TPSA) is 92.1 Å². The predicted octanol–water partition coefficient (Wildman–Crippen LogP) is 5.46. The Hall–Kier alpha value is -3.74. The number of ether oxygens (including phenoxy) is 2. The normalized spacial score (nSPS) is 15.4. The molecule has 3 aromatic rings. The van der Waals surface area contributed by atoms with Gasteiger partial charge >= 0.3 is 0 Å². The zero-order valence-electron chi connectivity index (χ0n) is 17.1. The van der Waals surface area contributed by atoms with Crippen LogP contribution in [0.4, 0.5) is 5.69 Å². The maximum Gasteiger partial charge on any atom is 0.258 e. The van der Waals surface area contributed by atoms with Crippen LogP contribution in [-0.4, -0.2) is 27.9 Å². The molecule has 0 atom stereocenters. The molecule has 0 radical (unpaired) electrons. The number of aliphatic imine (C=N–C) groups is 2. The zero-order chi connectivity index (χ0) is 22.5. The summed E-state index contributed by atoms with van der Waals surface area (Å²) >= 11 is 6.65. The van der Waals surface area contributed by atoms with E-state index in [-0.39, 0.29) is 23.4 Å². The van der Waals surface area contributed by atoms with Gasteiger partial charge in [0.15, 0.2) is 3.95 Å². The molecule has 2 heterocycles. The second-order valence-electron chi connectivity index (χ2n) is 6.63. The maximum absolute atomic E-state index is 10.7. The Balaban J connectivity index is 1.58. The van der Waals surface area contributed by atoms with Crippen LogP contribution < -0.4 is 4.74 Å². The molecule has 1 aliphatic heterocycles. The molecule has 1 N–H and O–H groups in total.